The average Bonchev–Trinajstić information content (AvgIpc) is 2.36. The average molecular weight is 250 g/mol. The predicted molar refractivity (Wildman–Crippen MR) is 70.0 cm³/mol. The molecular weight excluding hydrogens is 228 g/mol. The Morgan fingerprint density at radius 1 is 0.611 bits per heavy atom. The van der Waals surface area contributed by atoms with Crippen molar-refractivity contribution in [1.82, 2.24) is 0 Å². The molecule has 1 rings (SSSR count). The van der Waals surface area contributed by atoms with Crippen LogP contribution in [-0.2, 0) is 9.59 Å². The zero-order chi connectivity index (χ0) is 13.1. The molecule has 1 fully saturated rings. The molecule has 0 aromatic heterocycles. The number of nitrogens with zero attached hydrogens (tertiary/aromatic N) is 2. The van der Waals surface area contributed by atoms with Crippen molar-refractivity contribution in [2.24, 2.45) is 9.98 Å². The third-order valence-electron chi connectivity index (χ3n) is 3.62. The van der Waals surface area contributed by atoms with Crippen LogP contribution >= 0.6 is 0 Å². The van der Waals surface area contributed by atoms with Gasteiger partial charge in [0, 0.05) is 0 Å². The van der Waals surface area contributed by atoms with Crippen molar-refractivity contribution in [3.05, 3.63) is 0 Å². The molecule has 0 aliphatic heterocycles. The molecule has 2 unspecified atom stereocenters. The molecule has 0 bridgehead atoms. The van der Waals surface area contributed by atoms with Gasteiger partial charge in [-0.1, -0.05) is 38.5 Å². The molecule has 0 aromatic rings. The number of aliphatic imine (C=N–C) groups is 2. The molecule has 0 heterocycles. The van der Waals surface area contributed by atoms with E-state index in [1.54, 1.807) is 12.2 Å². The third kappa shape index (κ3) is 6.48. The van der Waals surface area contributed by atoms with Gasteiger partial charge in [0.05, 0.1) is 12.1 Å². The number of hydrogen-bond acceptors (Lipinski definition) is 4. The van der Waals surface area contributed by atoms with Crippen molar-refractivity contribution in [3.63, 3.8) is 0 Å². The normalized spacial score (nSPS) is 26.9. The first-order valence-corrected chi connectivity index (χ1v) is 7.00. The summed E-state index contributed by atoms with van der Waals surface area (Å²) in [5, 5.41) is 0. The van der Waals surface area contributed by atoms with E-state index in [0.717, 1.165) is 51.4 Å². The van der Waals surface area contributed by atoms with Crippen LogP contribution in [0.2, 0.25) is 0 Å². The fourth-order valence-corrected chi connectivity index (χ4v) is 2.57. The SMILES string of the molecule is O=C=NC1CCCCCCC(N=C=O)CCCC1. The van der Waals surface area contributed by atoms with Crippen molar-refractivity contribution in [2.45, 2.75) is 76.3 Å². The highest BCUT2D eigenvalue weighted by Gasteiger charge is 2.11. The first-order valence-electron chi connectivity index (χ1n) is 7.00. The first-order chi connectivity index (χ1) is 8.86. The summed E-state index contributed by atoms with van der Waals surface area (Å²) >= 11 is 0. The van der Waals surface area contributed by atoms with Crippen LogP contribution in [0, 0.1) is 0 Å². The van der Waals surface area contributed by atoms with Crippen LogP contribution in [0.4, 0.5) is 0 Å². The minimum Gasteiger partial charge on any atom is -0.211 e. The zero-order valence-corrected chi connectivity index (χ0v) is 10.9. The minimum atomic E-state index is 0.148. The molecule has 2 atom stereocenters. The molecule has 18 heavy (non-hydrogen) atoms. The van der Waals surface area contributed by atoms with Crippen LogP contribution in [0.15, 0.2) is 9.98 Å². The predicted octanol–water partition coefficient (Wildman–Crippen LogP) is 3.31. The summed E-state index contributed by atoms with van der Waals surface area (Å²) in [5.74, 6) is 0. The smallest absolute Gasteiger partial charge is 0.211 e. The van der Waals surface area contributed by atoms with Crippen molar-refractivity contribution >= 4 is 12.2 Å². The quantitative estimate of drug-likeness (QED) is 0.557. The standard InChI is InChI=1S/C14H22N2O2/c17-11-15-13-7-3-1-2-4-8-14(16-12-18)10-6-5-9-13/h13-14H,1-10H2. The minimum absolute atomic E-state index is 0.148. The molecule has 4 heteroatoms. The van der Waals surface area contributed by atoms with E-state index in [4.69, 9.17) is 0 Å². The Labute approximate surface area is 109 Å². The monoisotopic (exact) mass is 250 g/mol. The number of isocyanates is 2. The van der Waals surface area contributed by atoms with Gasteiger partial charge in [-0.2, -0.15) is 0 Å². The van der Waals surface area contributed by atoms with E-state index in [9.17, 15) is 9.59 Å². The van der Waals surface area contributed by atoms with Gasteiger partial charge in [-0.15, -0.1) is 0 Å². The highest BCUT2D eigenvalue weighted by atomic mass is 16.1. The maximum absolute atomic E-state index is 10.3. The molecule has 0 radical (unpaired) electrons. The molecule has 0 N–H and O–H groups in total. The highest BCUT2D eigenvalue weighted by Crippen LogP contribution is 2.20. The van der Waals surface area contributed by atoms with E-state index in [1.807, 2.05) is 0 Å². The molecular formula is C14H22N2O2. The summed E-state index contributed by atoms with van der Waals surface area (Å²) in [6, 6.07) is 0.296. The molecule has 0 saturated heterocycles. The first kappa shape index (κ1) is 14.8. The molecule has 4 nitrogen and oxygen atoms in total. The maximum atomic E-state index is 10.3. The van der Waals surface area contributed by atoms with Crippen molar-refractivity contribution in [2.75, 3.05) is 0 Å². The highest BCUT2D eigenvalue weighted by molar-refractivity contribution is 5.33. The summed E-state index contributed by atoms with van der Waals surface area (Å²) < 4.78 is 0. The van der Waals surface area contributed by atoms with Crippen LogP contribution in [0.1, 0.15) is 64.2 Å². The number of hydrogen-bond donors (Lipinski definition) is 0. The number of rotatable bonds is 2. The summed E-state index contributed by atoms with van der Waals surface area (Å²) in [6.07, 6.45) is 13.9. The second-order valence-corrected chi connectivity index (χ2v) is 5.02. The molecule has 100 valence electrons. The Hall–Kier alpha value is -1.24. The van der Waals surface area contributed by atoms with Crippen LogP contribution in [0.3, 0.4) is 0 Å². The molecule has 1 aliphatic rings. The lowest BCUT2D eigenvalue weighted by Gasteiger charge is -2.14. The lowest BCUT2D eigenvalue weighted by atomic mass is 9.96. The Kier molecular flexibility index (Phi) is 8.03. The Morgan fingerprint density at radius 2 is 0.944 bits per heavy atom. The largest absolute Gasteiger partial charge is 0.235 e. The fraction of sp³-hybridized carbons (Fsp3) is 0.857. The summed E-state index contributed by atoms with van der Waals surface area (Å²) in [4.78, 5) is 28.4. The van der Waals surface area contributed by atoms with Crippen LogP contribution in [0.5, 0.6) is 0 Å². The summed E-state index contributed by atoms with van der Waals surface area (Å²) in [7, 11) is 0. The summed E-state index contributed by atoms with van der Waals surface area (Å²) in [5.41, 5.74) is 0. The van der Waals surface area contributed by atoms with E-state index in [-0.39, 0.29) is 12.1 Å². The second-order valence-electron chi connectivity index (χ2n) is 5.02. The van der Waals surface area contributed by atoms with Gasteiger partial charge < -0.3 is 0 Å². The fourth-order valence-electron chi connectivity index (χ4n) is 2.57. The van der Waals surface area contributed by atoms with E-state index in [0.29, 0.717) is 0 Å². The van der Waals surface area contributed by atoms with Gasteiger partial charge in [0.1, 0.15) is 0 Å². The van der Waals surface area contributed by atoms with Gasteiger partial charge in [-0.25, -0.2) is 19.6 Å². The van der Waals surface area contributed by atoms with E-state index in [2.05, 4.69) is 9.98 Å². The third-order valence-corrected chi connectivity index (χ3v) is 3.62. The van der Waals surface area contributed by atoms with E-state index in [1.165, 1.54) is 12.8 Å². The lowest BCUT2D eigenvalue weighted by molar-refractivity contribution is 0.439. The van der Waals surface area contributed by atoms with E-state index < -0.39 is 0 Å². The molecule has 1 aliphatic carbocycles. The van der Waals surface area contributed by atoms with Gasteiger partial charge in [0.2, 0.25) is 12.2 Å². The van der Waals surface area contributed by atoms with Crippen LogP contribution in [-0.4, -0.2) is 24.2 Å². The lowest BCUT2D eigenvalue weighted by Crippen LogP contribution is -2.08. The van der Waals surface area contributed by atoms with Crippen LogP contribution < -0.4 is 0 Å². The van der Waals surface area contributed by atoms with Gasteiger partial charge in [-0.05, 0) is 25.7 Å². The van der Waals surface area contributed by atoms with Gasteiger partial charge >= 0.3 is 0 Å². The van der Waals surface area contributed by atoms with E-state index >= 15 is 0 Å². The summed E-state index contributed by atoms with van der Waals surface area (Å²) in [6.45, 7) is 0. The van der Waals surface area contributed by atoms with Crippen molar-refractivity contribution in [3.8, 4) is 0 Å². The Bertz CT molecular complexity index is 286. The maximum Gasteiger partial charge on any atom is 0.235 e. The zero-order valence-electron chi connectivity index (χ0n) is 10.9. The Morgan fingerprint density at radius 3 is 1.28 bits per heavy atom. The van der Waals surface area contributed by atoms with Gasteiger partial charge in [0.15, 0.2) is 0 Å². The van der Waals surface area contributed by atoms with Crippen molar-refractivity contribution in [1.29, 1.82) is 0 Å². The second kappa shape index (κ2) is 9.76. The molecule has 0 amide bonds. The van der Waals surface area contributed by atoms with Gasteiger partial charge in [-0.3, -0.25) is 0 Å². The molecule has 0 spiro atoms. The number of carbonyl (C=O) groups excluding carboxylic acids is 2. The molecule has 0 aromatic carbocycles. The Balaban J connectivity index is 2.45. The van der Waals surface area contributed by atoms with Crippen LogP contribution in [0.25, 0.3) is 0 Å². The van der Waals surface area contributed by atoms with Crippen molar-refractivity contribution < 1.29 is 9.59 Å². The van der Waals surface area contributed by atoms with Gasteiger partial charge in [0.25, 0.3) is 0 Å². The topological polar surface area (TPSA) is 58.9 Å². The molecule has 1 saturated carbocycles.